The lowest BCUT2D eigenvalue weighted by atomic mass is 10.1. The van der Waals surface area contributed by atoms with Crippen LogP contribution in [-0.2, 0) is 0 Å². The van der Waals surface area contributed by atoms with Crippen LogP contribution in [-0.4, -0.2) is 15.0 Å². The van der Waals surface area contributed by atoms with Gasteiger partial charge in [-0.05, 0) is 29.5 Å². The summed E-state index contributed by atoms with van der Waals surface area (Å²) in [6.07, 6.45) is 1.91. The number of hydrogen-bond acceptors (Lipinski definition) is 2. The van der Waals surface area contributed by atoms with Gasteiger partial charge in [-0.3, -0.25) is 0 Å². The first-order valence-electron chi connectivity index (χ1n) is 6.18. The van der Waals surface area contributed by atoms with Crippen LogP contribution in [0.25, 0.3) is 5.69 Å². The first-order valence-corrected chi connectivity index (χ1v) is 6.18. The highest BCUT2D eigenvalue weighted by molar-refractivity contribution is 5.32. The number of benzene rings is 1. The van der Waals surface area contributed by atoms with Gasteiger partial charge in [0.15, 0.2) is 0 Å². The van der Waals surface area contributed by atoms with E-state index in [1.54, 1.807) is 10.7 Å². The first kappa shape index (κ1) is 11.4. The molecule has 18 heavy (non-hydrogen) atoms. The predicted octanol–water partition coefficient (Wildman–Crippen LogP) is 3.17. The molecule has 1 aliphatic rings. The van der Waals surface area contributed by atoms with Crippen molar-refractivity contribution in [2.75, 3.05) is 0 Å². The van der Waals surface area contributed by atoms with E-state index in [0.717, 1.165) is 5.69 Å². The van der Waals surface area contributed by atoms with Crippen LogP contribution in [0.4, 0.5) is 4.39 Å². The predicted molar refractivity (Wildman–Crippen MR) is 67.0 cm³/mol. The number of rotatable bonds is 2. The molecular formula is C14H16FN3. The van der Waals surface area contributed by atoms with Crippen LogP contribution in [0.15, 0.2) is 30.5 Å². The number of halogens is 1. The molecule has 1 fully saturated rings. The highest BCUT2D eigenvalue weighted by Crippen LogP contribution is 2.63. The van der Waals surface area contributed by atoms with Gasteiger partial charge in [0.25, 0.3) is 0 Å². The molecule has 94 valence electrons. The normalized spacial score (nSPS) is 25.1. The fourth-order valence-electron chi connectivity index (χ4n) is 2.70. The van der Waals surface area contributed by atoms with E-state index < -0.39 is 0 Å². The fourth-order valence-corrected chi connectivity index (χ4v) is 2.70. The summed E-state index contributed by atoms with van der Waals surface area (Å²) in [5, 5.41) is 8.31. The summed E-state index contributed by atoms with van der Waals surface area (Å²) in [4.78, 5) is 0. The summed E-state index contributed by atoms with van der Waals surface area (Å²) in [6.45, 7) is 6.71. The Kier molecular flexibility index (Phi) is 2.30. The van der Waals surface area contributed by atoms with Crippen LogP contribution in [0.1, 0.15) is 32.4 Å². The van der Waals surface area contributed by atoms with Crippen molar-refractivity contribution in [2.45, 2.75) is 26.7 Å². The van der Waals surface area contributed by atoms with Gasteiger partial charge in [0.1, 0.15) is 5.82 Å². The third-order valence-corrected chi connectivity index (χ3v) is 4.27. The molecule has 2 atom stereocenters. The number of nitrogens with zero attached hydrogens (tertiary/aromatic N) is 3. The van der Waals surface area contributed by atoms with Crippen molar-refractivity contribution < 1.29 is 4.39 Å². The van der Waals surface area contributed by atoms with Crippen LogP contribution in [0.2, 0.25) is 0 Å². The standard InChI is InChI=1S/C14H16FN3/c1-9-13(14(9,2)3)12-8-18(17-16-12)11-6-4-5-10(15)7-11/h4-9,13H,1-3H3/t9-,13+/m0/s1. The largest absolute Gasteiger partial charge is 0.220 e. The molecule has 4 heteroatoms. The second-order valence-electron chi connectivity index (χ2n) is 5.66. The SMILES string of the molecule is C[C@H]1[C@H](c2cn(-c3cccc(F)c3)nn2)C1(C)C. The van der Waals surface area contributed by atoms with Gasteiger partial charge in [-0.1, -0.05) is 32.1 Å². The van der Waals surface area contributed by atoms with E-state index >= 15 is 0 Å². The molecule has 0 aliphatic heterocycles. The summed E-state index contributed by atoms with van der Waals surface area (Å²) in [6, 6.07) is 6.38. The van der Waals surface area contributed by atoms with Crippen molar-refractivity contribution in [1.29, 1.82) is 0 Å². The zero-order chi connectivity index (χ0) is 12.9. The quantitative estimate of drug-likeness (QED) is 0.813. The smallest absolute Gasteiger partial charge is 0.125 e. The topological polar surface area (TPSA) is 30.7 Å². The Hall–Kier alpha value is -1.71. The van der Waals surface area contributed by atoms with Gasteiger partial charge in [-0.15, -0.1) is 5.10 Å². The summed E-state index contributed by atoms with van der Waals surface area (Å²) in [5.41, 5.74) is 2.00. The molecule has 1 heterocycles. The third-order valence-electron chi connectivity index (χ3n) is 4.27. The van der Waals surface area contributed by atoms with E-state index in [1.807, 2.05) is 12.3 Å². The Bertz CT molecular complexity index is 588. The Labute approximate surface area is 106 Å². The molecule has 3 nitrogen and oxygen atoms in total. The molecule has 0 spiro atoms. The van der Waals surface area contributed by atoms with Gasteiger partial charge in [0.2, 0.25) is 0 Å². The average Bonchev–Trinajstić information content (AvgIpc) is 2.68. The molecule has 0 saturated heterocycles. The maximum atomic E-state index is 13.2. The monoisotopic (exact) mass is 245 g/mol. The second-order valence-corrected chi connectivity index (χ2v) is 5.66. The molecule has 0 amide bonds. The molecule has 1 aromatic heterocycles. The molecule has 3 rings (SSSR count). The number of aromatic nitrogens is 3. The van der Waals surface area contributed by atoms with Gasteiger partial charge in [-0.2, -0.15) is 0 Å². The molecule has 0 N–H and O–H groups in total. The van der Waals surface area contributed by atoms with Crippen molar-refractivity contribution in [2.24, 2.45) is 11.3 Å². The third kappa shape index (κ3) is 1.64. The first-order chi connectivity index (χ1) is 8.50. The van der Waals surface area contributed by atoms with Crippen molar-refractivity contribution >= 4 is 0 Å². The van der Waals surface area contributed by atoms with E-state index in [2.05, 4.69) is 31.1 Å². The number of hydrogen-bond donors (Lipinski definition) is 0. The molecule has 1 saturated carbocycles. The Morgan fingerprint density at radius 3 is 2.67 bits per heavy atom. The van der Waals surface area contributed by atoms with Crippen molar-refractivity contribution in [3.05, 3.63) is 42.0 Å². The summed E-state index contributed by atoms with van der Waals surface area (Å²) >= 11 is 0. The molecule has 1 aromatic carbocycles. The van der Waals surface area contributed by atoms with Crippen LogP contribution in [0.3, 0.4) is 0 Å². The second kappa shape index (κ2) is 3.64. The van der Waals surface area contributed by atoms with Crippen LogP contribution in [0.5, 0.6) is 0 Å². The highest BCUT2D eigenvalue weighted by atomic mass is 19.1. The zero-order valence-electron chi connectivity index (χ0n) is 10.8. The Morgan fingerprint density at radius 2 is 2.06 bits per heavy atom. The van der Waals surface area contributed by atoms with Gasteiger partial charge in [0.05, 0.1) is 17.6 Å². The average molecular weight is 245 g/mol. The lowest BCUT2D eigenvalue weighted by Crippen LogP contribution is -1.94. The van der Waals surface area contributed by atoms with Crippen molar-refractivity contribution in [3.8, 4) is 5.69 Å². The molecular weight excluding hydrogens is 229 g/mol. The lowest BCUT2D eigenvalue weighted by Gasteiger charge is -1.99. The summed E-state index contributed by atoms with van der Waals surface area (Å²) < 4.78 is 14.8. The van der Waals surface area contributed by atoms with Crippen LogP contribution >= 0.6 is 0 Å². The van der Waals surface area contributed by atoms with Crippen molar-refractivity contribution in [3.63, 3.8) is 0 Å². The van der Waals surface area contributed by atoms with E-state index in [1.165, 1.54) is 12.1 Å². The molecule has 0 unspecified atom stereocenters. The van der Waals surface area contributed by atoms with E-state index in [9.17, 15) is 4.39 Å². The van der Waals surface area contributed by atoms with Crippen LogP contribution in [0, 0.1) is 17.2 Å². The summed E-state index contributed by atoms with van der Waals surface area (Å²) in [7, 11) is 0. The highest BCUT2D eigenvalue weighted by Gasteiger charge is 2.56. The molecule has 1 aliphatic carbocycles. The van der Waals surface area contributed by atoms with Gasteiger partial charge < -0.3 is 0 Å². The maximum Gasteiger partial charge on any atom is 0.125 e. The molecule has 0 radical (unpaired) electrons. The minimum absolute atomic E-state index is 0.260. The van der Waals surface area contributed by atoms with E-state index in [0.29, 0.717) is 22.9 Å². The lowest BCUT2D eigenvalue weighted by molar-refractivity contribution is 0.573. The maximum absolute atomic E-state index is 13.2. The van der Waals surface area contributed by atoms with Crippen molar-refractivity contribution in [1.82, 2.24) is 15.0 Å². The molecule has 2 aromatic rings. The Morgan fingerprint density at radius 1 is 1.33 bits per heavy atom. The molecule has 0 bridgehead atoms. The fraction of sp³-hybridized carbons (Fsp3) is 0.429. The van der Waals surface area contributed by atoms with Gasteiger partial charge in [0, 0.05) is 5.92 Å². The Balaban J connectivity index is 1.91. The zero-order valence-corrected chi connectivity index (χ0v) is 10.8. The van der Waals surface area contributed by atoms with Gasteiger partial charge in [-0.25, -0.2) is 9.07 Å². The van der Waals surface area contributed by atoms with Gasteiger partial charge >= 0.3 is 0 Å². The van der Waals surface area contributed by atoms with E-state index in [-0.39, 0.29) is 5.82 Å². The van der Waals surface area contributed by atoms with E-state index in [4.69, 9.17) is 0 Å². The summed E-state index contributed by atoms with van der Waals surface area (Å²) in [5.74, 6) is 0.819. The minimum atomic E-state index is -0.260. The minimum Gasteiger partial charge on any atom is -0.220 e. The van der Waals surface area contributed by atoms with Crippen LogP contribution < -0.4 is 0 Å².